The fraction of sp³-hybridized carbons (Fsp3) is 0.647. The molecule has 0 heterocycles. The van der Waals surface area contributed by atoms with Gasteiger partial charge in [0.05, 0.1) is 7.11 Å². The minimum absolute atomic E-state index is 0.707. The Morgan fingerprint density at radius 1 is 1.11 bits per heavy atom. The fourth-order valence-corrected chi connectivity index (χ4v) is 3.00. The first kappa shape index (κ1) is 14.4. The third-order valence-electron chi connectivity index (χ3n) is 4.42. The van der Waals surface area contributed by atoms with Gasteiger partial charge in [0.15, 0.2) is 0 Å². The topological polar surface area (TPSA) is 21.3 Å². The van der Waals surface area contributed by atoms with Gasteiger partial charge in [-0.25, -0.2) is 0 Å². The first-order valence-electron chi connectivity index (χ1n) is 7.68. The highest BCUT2D eigenvalue weighted by atomic mass is 16.5. The van der Waals surface area contributed by atoms with E-state index >= 15 is 0 Å². The van der Waals surface area contributed by atoms with Crippen LogP contribution < -0.4 is 10.1 Å². The number of nitrogens with one attached hydrogen (secondary N) is 1. The van der Waals surface area contributed by atoms with Gasteiger partial charge in [0.1, 0.15) is 5.75 Å². The molecule has 1 saturated carbocycles. The van der Waals surface area contributed by atoms with Crippen molar-refractivity contribution >= 4 is 0 Å². The van der Waals surface area contributed by atoms with Crippen molar-refractivity contribution in [3.63, 3.8) is 0 Å². The van der Waals surface area contributed by atoms with Gasteiger partial charge in [-0.05, 0) is 42.9 Å². The van der Waals surface area contributed by atoms with E-state index in [1.165, 1.54) is 44.1 Å². The maximum absolute atomic E-state index is 5.18. The Kier molecular flexibility index (Phi) is 5.71. The Balaban J connectivity index is 1.77. The number of hydrogen-bond acceptors (Lipinski definition) is 2. The van der Waals surface area contributed by atoms with Crippen molar-refractivity contribution in [1.29, 1.82) is 0 Å². The van der Waals surface area contributed by atoms with E-state index in [2.05, 4.69) is 24.4 Å². The van der Waals surface area contributed by atoms with Crippen molar-refractivity contribution in [1.82, 2.24) is 5.32 Å². The molecule has 1 aromatic rings. The summed E-state index contributed by atoms with van der Waals surface area (Å²) in [6.45, 7) is 3.31. The predicted octanol–water partition coefficient (Wildman–Crippen LogP) is 4.14. The van der Waals surface area contributed by atoms with Crippen LogP contribution in [-0.4, -0.2) is 13.2 Å². The van der Waals surface area contributed by atoms with Crippen LogP contribution in [0, 0.1) is 5.92 Å². The van der Waals surface area contributed by atoms with Crippen LogP contribution in [0.15, 0.2) is 24.3 Å². The molecule has 106 valence electrons. The predicted molar refractivity (Wildman–Crippen MR) is 80.5 cm³/mol. The Morgan fingerprint density at radius 2 is 1.89 bits per heavy atom. The number of rotatable bonds is 5. The van der Waals surface area contributed by atoms with Crippen molar-refractivity contribution in [3.05, 3.63) is 29.8 Å². The molecule has 1 aliphatic rings. The quantitative estimate of drug-likeness (QED) is 0.804. The lowest BCUT2D eigenvalue weighted by molar-refractivity contribution is 0.414. The third kappa shape index (κ3) is 4.54. The number of hydrogen-bond donors (Lipinski definition) is 1. The molecule has 2 rings (SSSR count). The molecule has 0 saturated heterocycles. The van der Waals surface area contributed by atoms with Gasteiger partial charge in [-0.2, -0.15) is 0 Å². The highest BCUT2D eigenvalue weighted by Gasteiger charge is 2.17. The third-order valence-corrected chi connectivity index (χ3v) is 4.42. The molecule has 2 heteroatoms. The molecule has 1 N–H and O–H groups in total. The summed E-state index contributed by atoms with van der Waals surface area (Å²) in [7, 11) is 1.71. The molecule has 2 atom stereocenters. The van der Waals surface area contributed by atoms with Crippen molar-refractivity contribution in [3.8, 4) is 5.75 Å². The second kappa shape index (κ2) is 7.54. The number of methoxy groups -OCH3 is 1. The average molecular weight is 261 g/mol. The lowest BCUT2D eigenvalue weighted by atomic mass is 9.98. The first-order chi connectivity index (χ1) is 9.31. The van der Waals surface area contributed by atoms with Crippen molar-refractivity contribution in [2.24, 2.45) is 5.92 Å². The summed E-state index contributed by atoms with van der Waals surface area (Å²) >= 11 is 0. The van der Waals surface area contributed by atoms with Crippen LogP contribution in [0.3, 0.4) is 0 Å². The molecule has 0 aromatic heterocycles. The normalized spacial score (nSPS) is 23.9. The highest BCUT2D eigenvalue weighted by molar-refractivity contribution is 5.27. The summed E-state index contributed by atoms with van der Waals surface area (Å²) in [5.74, 6) is 1.90. The highest BCUT2D eigenvalue weighted by Crippen LogP contribution is 2.25. The van der Waals surface area contributed by atoms with Crippen LogP contribution in [0.4, 0.5) is 0 Å². The van der Waals surface area contributed by atoms with E-state index < -0.39 is 0 Å². The first-order valence-corrected chi connectivity index (χ1v) is 7.68. The maximum Gasteiger partial charge on any atom is 0.118 e. The molecule has 19 heavy (non-hydrogen) atoms. The summed E-state index contributed by atoms with van der Waals surface area (Å²) < 4.78 is 5.18. The van der Waals surface area contributed by atoms with E-state index in [0.717, 1.165) is 18.2 Å². The van der Waals surface area contributed by atoms with Gasteiger partial charge < -0.3 is 10.1 Å². The van der Waals surface area contributed by atoms with Gasteiger partial charge in [0.2, 0.25) is 0 Å². The zero-order valence-electron chi connectivity index (χ0n) is 12.3. The smallest absolute Gasteiger partial charge is 0.118 e. The molecule has 0 aliphatic heterocycles. The summed E-state index contributed by atoms with van der Waals surface area (Å²) in [6, 6.07) is 9.09. The average Bonchev–Trinajstić information content (AvgIpc) is 2.70. The second-order valence-electron chi connectivity index (χ2n) is 5.71. The van der Waals surface area contributed by atoms with Crippen molar-refractivity contribution in [2.45, 2.75) is 58.0 Å². The summed E-state index contributed by atoms with van der Waals surface area (Å²) in [5.41, 5.74) is 1.34. The van der Waals surface area contributed by atoms with Gasteiger partial charge in [-0.15, -0.1) is 0 Å². The Labute approximate surface area is 117 Å². The van der Waals surface area contributed by atoms with Crippen LogP contribution in [-0.2, 0) is 6.54 Å². The van der Waals surface area contributed by atoms with E-state index in [1.54, 1.807) is 7.11 Å². The van der Waals surface area contributed by atoms with Crippen molar-refractivity contribution < 1.29 is 4.74 Å². The van der Waals surface area contributed by atoms with Gasteiger partial charge in [-0.3, -0.25) is 0 Å². The Morgan fingerprint density at radius 3 is 2.58 bits per heavy atom. The SMILES string of the molecule is CCC1CCCC(NCc2ccc(OC)cc2)CC1. The van der Waals surface area contributed by atoms with Gasteiger partial charge in [0.25, 0.3) is 0 Å². The van der Waals surface area contributed by atoms with Crippen LogP contribution in [0.1, 0.15) is 51.0 Å². The van der Waals surface area contributed by atoms with Crippen LogP contribution >= 0.6 is 0 Å². The minimum atomic E-state index is 0.707. The maximum atomic E-state index is 5.18. The molecular weight excluding hydrogens is 234 g/mol. The standard InChI is InChI=1S/C17H27NO/c1-3-14-5-4-6-16(10-7-14)18-13-15-8-11-17(19-2)12-9-15/h8-9,11-12,14,16,18H,3-7,10,13H2,1-2H3. The second-order valence-corrected chi connectivity index (χ2v) is 5.71. The Hall–Kier alpha value is -1.02. The molecule has 1 aliphatic carbocycles. The van der Waals surface area contributed by atoms with Crippen LogP contribution in [0.2, 0.25) is 0 Å². The van der Waals surface area contributed by atoms with Gasteiger partial charge in [-0.1, -0.05) is 38.3 Å². The van der Waals surface area contributed by atoms with E-state index in [0.29, 0.717) is 6.04 Å². The van der Waals surface area contributed by atoms with Crippen molar-refractivity contribution in [2.75, 3.05) is 7.11 Å². The zero-order chi connectivity index (χ0) is 13.5. The molecular formula is C17H27NO. The molecule has 0 amide bonds. The molecule has 2 nitrogen and oxygen atoms in total. The molecule has 0 spiro atoms. The van der Waals surface area contributed by atoms with Crippen LogP contribution in [0.25, 0.3) is 0 Å². The fourth-order valence-electron chi connectivity index (χ4n) is 3.00. The Bertz CT molecular complexity index is 360. The molecule has 0 radical (unpaired) electrons. The lowest BCUT2D eigenvalue weighted by Gasteiger charge is -2.16. The zero-order valence-corrected chi connectivity index (χ0v) is 12.3. The molecule has 1 fully saturated rings. The van der Waals surface area contributed by atoms with E-state index in [-0.39, 0.29) is 0 Å². The van der Waals surface area contributed by atoms with Crippen LogP contribution in [0.5, 0.6) is 5.75 Å². The monoisotopic (exact) mass is 261 g/mol. The minimum Gasteiger partial charge on any atom is -0.497 e. The largest absolute Gasteiger partial charge is 0.497 e. The summed E-state index contributed by atoms with van der Waals surface area (Å²) in [6.07, 6.45) is 8.25. The molecule has 1 aromatic carbocycles. The van der Waals surface area contributed by atoms with Gasteiger partial charge in [0, 0.05) is 12.6 Å². The number of ether oxygens (including phenoxy) is 1. The molecule has 0 bridgehead atoms. The molecule has 2 unspecified atom stereocenters. The summed E-state index contributed by atoms with van der Waals surface area (Å²) in [5, 5.41) is 3.72. The van der Waals surface area contributed by atoms with E-state index in [1.807, 2.05) is 12.1 Å². The van der Waals surface area contributed by atoms with Gasteiger partial charge >= 0.3 is 0 Å². The number of benzene rings is 1. The van der Waals surface area contributed by atoms with E-state index in [9.17, 15) is 0 Å². The summed E-state index contributed by atoms with van der Waals surface area (Å²) in [4.78, 5) is 0. The lowest BCUT2D eigenvalue weighted by Crippen LogP contribution is -2.27. The van der Waals surface area contributed by atoms with E-state index in [4.69, 9.17) is 4.74 Å².